The summed E-state index contributed by atoms with van der Waals surface area (Å²) in [6, 6.07) is 7.47. The van der Waals surface area contributed by atoms with Crippen molar-refractivity contribution in [3.8, 4) is 5.75 Å². The van der Waals surface area contributed by atoms with E-state index in [1.165, 1.54) is 0 Å². The summed E-state index contributed by atoms with van der Waals surface area (Å²) in [6.07, 6.45) is 4.76. The SMILES string of the molecule is CCCCCCC(=O)NC(=S)Nc1ccccc1OCCOCC. The minimum Gasteiger partial charge on any atom is -0.489 e. The number of unbranched alkanes of at least 4 members (excludes halogenated alkanes) is 3. The zero-order valence-corrected chi connectivity index (χ0v) is 15.4. The van der Waals surface area contributed by atoms with E-state index >= 15 is 0 Å². The van der Waals surface area contributed by atoms with Crippen molar-refractivity contribution in [1.29, 1.82) is 0 Å². The second kappa shape index (κ2) is 12.7. The molecule has 0 aliphatic heterocycles. The van der Waals surface area contributed by atoms with E-state index in [9.17, 15) is 4.79 Å². The quantitative estimate of drug-likeness (QED) is 0.467. The van der Waals surface area contributed by atoms with Gasteiger partial charge < -0.3 is 20.1 Å². The summed E-state index contributed by atoms with van der Waals surface area (Å²) in [5.41, 5.74) is 0.727. The van der Waals surface area contributed by atoms with Crippen LogP contribution in [0.1, 0.15) is 46.0 Å². The maximum absolute atomic E-state index is 11.8. The Balaban J connectivity index is 2.41. The summed E-state index contributed by atoms with van der Waals surface area (Å²) >= 11 is 5.20. The normalized spacial score (nSPS) is 10.2. The molecule has 0 aliphatic carbocycles. The Morgan fingerprint density at radius 3 is 2.67 bits per heavy atom. The van der Waals surface area contributed by atoms with E-state index in [1.807, 2.05) is 31.2 Å². The molecule has 1 aromatic carbocycles. The summed E-state index contributed by atoms with van der Waals surface area (Å²) < 4.78 is 10.9. The number of benzene rings is 1. The van der Waals surface area contributed by atoms with Gasteiger partial charge in [-0.15, -0.1) is 0 Å². The van der Waals surface area contributed by atoms with Crippen LogP contribution >= 0.6 is 12.2 Å². The third kappa shape index (κ3) is 8.84. The number of carbonyl (C=O) groups is 1. The number of nitrogens with one attached hydrogen (secondary N) is 2. The maximum Gasteiger partial charge on any atom is 0.226 e. The van der Waals surface area contributed by atoms with Crippen LogP contribution < -0.4 is 15.4 Å². The van der Waals surface area contributed by atoms with Crippen LogP contribution in [0.15, 0.2) is 24.3 Å². The van der Waals surface area contributed by atoms with Crippen molar-refractivity contribution in [1.82, 2.24) is 5.32 Å². The van der Waals surface area contributed by atoms with E-state index in [4.69, 9.17) is 21.7 Å². The maximum atomic E-state index is 11.8. The fourth-order valence-electron chi connectivity index (χ4n) is 2.11. The lowest BCUT2D eigenvalue weighted by atomic mass is 10.1. The van der Waals surface area contributed by atoms with Crippen LogP contribution in [0.25, 0.3) is 0 Å². The molecule has 0 heterocycles. The van der Waals surface area contributed by atoms with E-state index in [0.29, 0.717) is 32.0 Å². The first-order valence-electron chi connectivity index (χ1n) is 8.57. The molecular weight excluding hydrogens is 324 g/mol. The fourth-order valence-corrected chi connectivity index (χ4v) is 2.33. The van der Waals surface area contributed by atoms with Gasteiger partial charge in [0.05, 0.1) is 12.3 Å². The molecular formula is C18H28N2O3S. The Morgan fingerprint density at radius 1 is 1.12 bits per heavy atom. The standard InChI is InChI=1S/C18H28N2O3S/c1-3-5-6-7-12-17(21)20-18(24)19-15-10-8-9-11-16(15)23-14-13-22-4-2/h8-11H,3-7,12-14H2,1-2H3,(H2,19,20,21,24). The lowest BCUT2D eigenvalue weighted by Crippen LogP contribution is -2.34. The molecule has 0 atom stereocenters. The average molecular weight is 353 g/mol. The molecule has 0 spiro atoms. The molecule has 24 heavy (non-hydrogen) atoms. The molecule has 2 N–H and O–H groups in total. The zero-order valence-electron chi connectivity index (χ0n) is 14.6. The van der Waals surface area contributed by atoms with Crippen LogP contribution in [0, 0.1) is 0 Å². The smallest absolute Gasteiger partial charge is 0.226 e. The molecule has 1 amide bonds. The predicted molar refractivity (Wildman–Crippen MR) is 102 cm³/mol. The number of carbonyl (C=O) groups excluding carboxylic acids is 1. The number of rotatable bonds is 11. The molecule has 0 aliphatic rings. The van der Waals surface area contributed by atoms with Crippen LogP contribution in [0.5, 0.6) is 5.75 Å². The van der Waals surface area contributed by atoms with E-state index in [2.05, 4.69) is 17.6 Å². The van der Waals surface area contributed by atoms with Crippen molar-refractivity contribution in [2.75, 3.05) is 25.1 Å². The number of amides is 1. The van der Waals surface area contributed by atoms with Crippen LogP contribution in [-0.2, 0) is 9.53 Å². The van der Waals surface area contributed by atoms with Gasteiger partial charge in [-0.05, 0) is 37.7 Å². The highest BCUT2D eigenvalue weighted by Crippen LogP contribution is 2.23. The number of hydrogen-bond acceptors (Lipinski definition) is 4. The predicted octanol–water partition coefficient (Wildman–Crippen LogP) is 3.89. The number of ether oxygens (including phenoxy) is 2. The number of anilines is 1. The monoisotopic (exact) mass is 352 g/mol. The third-order valence-corrected chi connectivity index (χ3v) is 3.54. The topological polar surface area (TPSA) is 59.6 Å². The highest BCUT2D eigenvalue weighted by Gasteiger charge is 2.08. The van der Waals surface area contributed by atoms with Crippen molar-refractivity contribution >= 4 is 28.9 Å². The second-order valence-electron chi connectivity index (χ2n) is 5.35. The van der Waals surface area contributed by atoms with Crippen LogP contribution in [0.3, 0.4) is 0 Å². The first-order chi connectivity index (χ1) is 11.7. The van der Waals surface area contributed by atoms with E-state index in [0.717, 1.165) is 31.4 Å². The lowest BCUT2D eigenvalue weighted by molar-refractivity contribution is -0.119. The molecule has 0 unspecified atom stereocenters. The molecule has 1 aromatic rings. The molecule has 0 fully saturated rings. The summed E-state index contributed by atoms with van der Waals surface area (Å²) in [4.78, 5) is 11.8. The first kappa shape index (κ1) is 20.4. The van der Waals surface area contributed by atoms with Crippen LogP contribution in [0.2, 0.25) is 0 Å². The lowest BCUT2D eigenvalue weighted by Gasteiger charge is -2.14. The third-order valence-electron chi connectivity index (χ3n) is 3.33. The summed E-state index contributed by atoms with van der Waals surface area (Å²) in [6.45, 7) is 5.75. The minimum atomic E-state index is -0.0571. The molecule has 6 heteroatoms. The van der Waals surface area contributed by atoms with Crippen molar-refractivity contribution in [2.45, 2.75) is 46.0 Å². The summed E-state index contributed by atoms with van der Waals surface area (Å²) in [7, 11) is 0. The van der Waals surface area contributed by atoms with Crippen molar-refractivity contribution in [3.63, 3.8) is 0 Å². The van der Waals surface area contributed by atoms with Gasteiger partial charge in [0, 0.05) is 13.0 Å². The van der Waals surface area contributed by atoms with Gasteiger partial charge in [-0.25, -0.2) is 0 Å². The van der Waals surface area contributed by atoms with Gasteiger partial charge in [-0.3, -0.25) is 4.79 Å². The van der Waals surface area contributed by atoms with Gasteiger partial charge in [0.15, 0.2) is 5.11 Å². The van der Waals surface area contributed by atoms with E-state index in [-0.39, 0.29) is 11.0 Å². The van der Waals surface area contributed by atoms with E-state index < -0.39 is 0 Å². The number of hydrogen-bond donors (Lipinski definition) is 2. The highest BCUT2D eigenvalue weighted by molar-refractivity contribution is 7.80. The van der Waals surface area contributed by atoms with E-state index in [1.54, 1.807) is 0 Å². The minimum absolute atomic E-state index is 0.0571. The van der Waals surface area contributed by atoms with Gasteiger partial charge in [0.1, 0.15) is 12.4 Å². The van der Waals surface area contributed by atoms with Crippen LogP contribution in [-0.4, -0.2) is 30.8 Å². The van der Waals surface area contributed by atoms with Gasteiger partial charge in [-0.2, -0.15) is 0 Å². The molecule has 0 radical (unpaired) electrons. The molecule has 1 rings (SSSR count). The highest BCUT2D eigenvalue weighted by atomic mass is 32.1. The number of thiocarbonyl (C=S) groups is 1. The average Bonchev–Trinajstić information content (AvgIpc) is 2.57. The Kier molecular flexibility index (Phi) is 10.8. The fraction of sp³-hybridized carbons (Fsp3) is 0.556. The zero-order chi connectivity index (χ0) is 17.6. The number of para-hydroxylation sites is 2. The Hall–Kier alpha value is -1.66. The van der Waals surface area contributed by atoms with Crippen LogP contribution in [0.4, 0.5) is 5.69 Å². The summed E-state index contributed by atoms with van der Waals surface area (Å²) in [5.74, 6) is 0.620. The van der Waals surface area contributed by atoms with Gasteiger partial charge in [0.2, 0.25) is 5.91 Å². The molecule has 134 valence electrons. The first-order valence-corrected chi connectivity index (χ1v) is 8.98. The van der Waals surface area contributed by atoms with Gasteiger partial charge in [-0.1, -0.05) is 38.3 Å². The van der Waals surface area contributed by atoms with Gasteiger partial charge in [0.25, 0.3) is 0 Å². The van der Waals surface area contributed by atoms with Crippen molar-refractivity contribution in [3.05, 3.63) is 24.3 Å². The molecule has 0 saturated heterocycles. The molecule has 0 aromatic heterocycles. The molecule has 0 saturated carbocycles. The molecule has 0 bridgehead atoms. The second-order valence-corrected chi connectivity index (χ2v) is 5.76. The van der Waals surface area contributed by atoms with Crippen molar-refractivity contribution < 1.29 is 14.3 Å². The largest absolute Gasteiger partial charge is 0.489 e. The van der Waals surface area contributed by atoms with Crippen molar-refractivity contribution in [2.24, 2.45) is 0 Å². The van der Waals surface area contributed by atoms with Gasteiger partial charge >= 0.3 is 0 Å². The molecule has 5 nitrogen and oxygen atoms in total. The Morgan fingerprint density at radius 2 is 1.92 bits per heavy atom. The Bertz CT molecular complexity index is 509. The summed E-state index contributed by atoms with van der Waals surface area (Å²) in [5, 5.41) is 6.02. The Labute approximate surface area is 150 Å².